The normalized spacial score (nSPS) is 19.0. The maximum Gasteiger partial charge on any atom is 0.170 e. The third-order valence-corrected chi connectivity index (χ3v) is 6.17. The van der Waals surface area contributed by atoms with Crippen molar-refractivity contribution in [3.05, 3.63) is 77.8 Å². The number of furan rings is 1. The van der Waals surface area contributed by atoms with Crippen molar-refractivity contribution in [3.8, 4) is 0 Å². The summed E-state index contributed by atoms with van der Waals surface area (Å²) in [5, 5.41) is 5.10. The van der Waals surface area contributed by atoms with Gasteiger partial charge >= 0.3 is 0 Å². The van der Waals surface area contributed by atoms with Crippen LogP contribution in [0, 0.1) is 12.8 Å². The lowest BCUT2D eigenvalue weighted by molar-refractivity contribution is 0.242. The maximum absolute atomic E-state index is 6.31. The van der Waals surface area contributed by atoms with Gasteiger partial charge in [-0.25, -0.2) is 0 Å². The fraction of sp³-hybridized carbons (Fsp3) is 0.304. The number of pyridine rings is 1. The Morgan fingerprint density at radius 1 is 1.14 bits per heavy atom. The minimum absolute atomic E-state index is 0.0211. The van der Waals surface area contributed by atoms with Gasteiger partial charge in [-0.2, -0.15) is 0 Å². The van der Waals surface area contributed by atoms with Crippen molar-refractivity contribution in [2.45, 2.75) is 42.8 Å². The molecule has 1 aliphatic rings. The Morgan fingerprint density at radius 3 is 2.62 bits per heavy atom. The van der Waals surface area contributed by atoms with Crippen molar-refractivity contribution in [1.82, 2.24) is 15.2 Å². The molecule has 4 nitrogen and oxygen atoms in total. The molecule has 1 aliphatic heterocycles. The zero-order valence-electron chi connectivity index (χ0n) is 16.8. The quantitative estimate of drug-likeness (QED) is 0.508. The van der Waals surface area contributed by atoms with Crippen molar-refractivity contribution < 1.29 is 4.42 Å². The van der Waals surface area contributed by atoms with Crippen LogP contribution in [0.25, 0.3) is 0 Å². The van der Waals surface area contributed by atoms with Crippen LogP contribution < -0.4 is 5.32 Å². The second kappa shape index (κ2) is 8.59. The van der Waals surface area contributed by atoms with Crippen LogP contribution in [0.1, 0.15) is 42.9 Å². The molecule has 3 heterocycles. The Bertz CT molecular complexity index is 969. The van der Waals surface area contributed by atoms with Crippen molar-refractivity contribution in [3.63, 3.8) is 0 Å². The van der Waals surface area contributed by atoms with E-state index in [9.17, 15) is 0 Å². The van der Waals surface area contributed by atoms with Gasteiger partial charge in [0.05, 0.1) is 11.7 Å². The number of rotatable bonds is 6. The summed E-state index contributed by atoms with van der Waals surface area (Å²) in [6.07, 6.45) is 1.82. The maximum atomic E-state index is 6.31. The Kier molecular flexibility index (Phi) is 5.92. The third kappa shape index (κ3) is 4.49. The van der Waals surface area contributed by atoms with Crippen LogP contribution in [0.15, 0.2) is 75.2 Å². The lowest BCUT2D eigenvalue weighted by Crippen LogP contribution is -2.32. The Hall–Kier alpha value is -2.31. The fourth-order valence-corrected chi connectivity index (χ4v) is 4.67. The molecule has 2 aromatic heterocycles. The molecular formula is C23H25N3OS2. The SMILES string of the molecule is Cc1ccc(Sc2ccc(C3C(c4ccccn4)NC(=S)N3CC(C)C)o2)cc1. The van der Waals surface area contributed by atoms with Crippen molar-refractivity contribution in [2.75, 3.05) is 6.54 Å². The van der Waals surface area contributed by atoms with E-state index in [1.165, 1.54) is 5.56 Å². The number of nitrogens with zero attached hydrogens (tertiary/aromatic N) is 2. The summed E-state index contributed by atoms with van der Waals surface area (Å²) >= 11 is 7.31. The Balaban J connectivity index is 1.64. The highest BCUT2D eigenvalue weighted by atomic mass is 32.2. The molecule has 2 atom stereocenters. The first-order valence-electron chi connectivity index (χ1n) is 9.83. The standard InChI is InChI=1S/C23H25N3OS2/c1-15(2)14-26-22(21(25-23(26)28)18-6-4-5-13-24-18)19-11-12-20(27-19)29-17-9-7-16(3)8-10-17/h4-13,15,21-22H,14H2,1-3H3,(H,25,28). The van der Waals surface area contributed by atoms with E-state index in [4.69, 9.17) is 16.6 Å². The van der Waals surface area contributed by atoms with Crippen LogP contribution in [-0.4, -0.2) is 21.5 Å². The van der Waals surface area contributed by atoms with Gasteiger partial charge in [0.2, 0.25) is 0 Å². The van der Waals surface area contributed by atoms with Gasteiger partial charge in [-0.15, -0.1) is 0 Å². The predicted octanol–water partition coefficient (Wildman–Crippen LogP) is 5.76. The minimum Gasteiger partial charge on any atom is -0.452 e. The molecular weight excluding hydrogens is 398 g/mol. The van der Waals surface area contributed by atoms with Crippen molar-refractivity contribution >= 4 is 29.1 Å². The predicted molar refractivity (Wildman–Crippen MR) is 121 cm³/mol. The molecule has 0 radical (unpaired) electrons. The second-order valence-electron chi connectivity index (χ2n) is 7.74. The monoisotopic (exact) mass is 423 g/mol. The lowest BCUT2D eigenvalue weighted by Gasteiger charge is -2.27. The van der Waals surface area contributed by atoms with Gasteiger partial charge in [-0.3, -0.25) is 4.98 Å². The van der Waals surface area contributed by atoms with E-state index in [0.29, 0.717) is 5.92 Å². The topological polar surface area (TPSA) is 41.3 Å². The number of hydrogen-bond donors (Lipinski definition) is 1. The zero-order valence-corrected chi connectivity index (χ0v) is 18.5. The zero-order chi connectivity index (χ0) is 20.4. The molecule has 1 fully saturated rings. The molecule has 150 valence electrons. The highest BCUT2D eigenvalue weighted by molar-refractivity contribution is 7.99. The molecule has 0 aliphatic carbocycles. The average Bonchev–Trinajstić information content (AvgIpc) is 3.28. The number of benzene rings is 1. The highest BCUT2D eigenvalue weighted by Crippen LogP contribution is 2.41. The summed E-state index contributed by atoms with van der Waals surface area (Å²) in [7, 11) is 0. The van der Waals surface area contributed by atoms with Crippen LogP contribution >= 0.6 is 24.0 Å². The first kappa shape index (κ1) is 20.0. The smallest absolute Gasteiger partial charge is 0.170 e. The van der Waals surface area contributed by atoms with Crippen molar-refractivity contribution in [1.29, 1.82) is 0 Å². The lowest BCUT2D eigenvalue weighted by atomic mass is 10.0. The van der Waals surface area contributed by atoms with Crippen LogP contribution in [0.2, 0.25) is 0 Å². The van der Waals surface area contributed by atoms with Crippen LogP contribution in [0.5, 0.6) is 0 Å². The number of nitrogens with one attached hydrogen (secondary N) is 1. The van der Waals surface area contributed by atoms with Gasteiger partial charge in [0.1, 0.15) is 11.8 Å². The summed E-state index contributed by atoms with van der Waals surface area (Å²) < 4.78 is 6.31. The van der Waals surface area contributed by atoms with Crippen molar-refractivity contribution in [2.24, 2.45) is 5.92 Å². The largest absolute Gasteiger partial charge is 0.452 e. The molecule has 1 aromatic carbocycles. The number of hydrogen-bond acceptors (Lipinski definition) is 4. The molecule has 3 aromatic rings. The first-order chi connectivity index (χ1) is 14.0. The second-order valence-corrected chi connectivity index (χ2v) is 9.21. The summed E-state index contributed by atoms with van der Waals surface area (Å²) in [5.41, 5.74) is 2.22. The Morgan fingerprint density at radius 2 is 1.93 bits per heavy atom. The first-order valence-corrected chi connectivity index (χ1v) is 11.1. The molecule has 1 N–H and O–H groups in total. The van der Waals surface area contributed by atoms with E-state index in [-0.39, 0.29) is 12.1 Å². The summed E-state index contributed by atoms with van der Waals surface area (Å²) in [4.78, 5) is 7.97. The van der Waals surface area contributed by atoms with Gasteiger partial charge in [-0.1, -0.05) is 49.4 Å². The molecule has 1 saturated heterocycles. The Labute approximate surface area is 181 Å². The van der Waals surface area contributed by atoms with Gasteiger partial charge in [0, 0.05) is 17.6 Å². The molecule has 29 heavy (non-hydrogen) atoms. The van der Waals surface area contributed by atoms with E-state index >= 15 is 0 Å². The van der Waals surface area contributed by atoms with E-state index in [1.54, 1.807) is 11.8 Å². The van der Waals surface area contributed by atoms with Crippen LogP contribution in [0.3, 0.4) is 0 Å². The van der Waals surface area contributed by atoms with Gasteiger partial charge in [-0.05, 0) is 61.5 Å². The molecule has 0 spiro atoms. The van der Waals surface area contributed by atoms with Crippen LogP contribution in [-0.2, 0) is 0 Å². The van der Waals surface area contributed by atoms with E-state index < -0.39 is 0 Å². The summed E-state index contributed by atoms with van der Waals surface area (Å²) in [6.45, 7) is 7.36. The number of thiocarbonyl (C=S) groups is 1. The van der Waals surface area contributed by atoms with E-state index in [1.807, 2.05) is 30.5 Å². The van der Waals surface area contributed by atoms with E-state index in [2.05, 4.69) is 66.3 Å². The summed E-state index contributed by atoms with van der Waals surface area (Å²) in [6, 6.07) is 18.5. The molecule has 0 bridgehead atoms. The van der Waals surface area contributed by atoms with Gasteiger partial charge < -0.3 is 14.6 Å². The fourth-order valence-electron chi connectivity index (χ4n) is 3.58. The van der Waals surface area contributed by atoms with Gasteiger partial charge in [0.25, 0.3) is 0 Å². The van der Waals surface area contributed by atoms with Gasteiger partial charge in [0.15, 0.2) is 10.2 Å². The molecule has 2 unspecified atom stereocenters. The highest BCUT2D eigenvalue weighted by Gasteiger charge is 2.41. The molecule has 0 amide bonds. The van der Waals surface area contributed by atoms with E-state index in [0.717, 1.165) is 33.1 Å². The van der Waals surface area contributed by atoms with Crippen LogP contribution in [0.4, 0.5) is 0 Å². The average molecular weight is 424 g/mol. The molecule has 6 heteroatoms. The molecule has 0 saturated carbocycles. The molecule has 4 rings (SSSR count). The number of aromatic nitrogens is 1. The number of aryl methyl sites for hydroxylation is 1. The minimum atomic E-state index is -0.0363. The third-order valence-electron chi connectivity index (χ3n) is 4.89. The summed E-state index contributed by atoms with van der Waals surface area (Å²) in [5.74, 6) is 1.39.